The van der Waals surface area contributed by atoms with Gasteiger partial charge in [-0.25, -0.2) is 0 Å². The van der Waals surface area contributed by atoms with Crippen molar-refractivity contribution in [2.24, 2.45) is 5.92 Å². The van der Waals surface area contributed by atoms with Crippen LogP contribution in [0.5, 0.6) is 0 Å². The number of aryl methyl sites for hydroxylation is 1. The topological polar surface area (TPSA) is 58.2 Å². The van der Waals surface area contributed by atoms with Crippen molar-refractivity contribution in [3.05, 3.63) is 35.4 Å². The zero-order chi connectivity index (χ0) is 16.2. The van der Waals surface area contributed by atoms with Crippen LogP contribution in [-0.4, -0.2) is 17.9 Å². The van der Waals surface area contributed by atoms with Gasteiger partial charge in [-0.1, -0.05) is 37.1 Å². The number of rotatable bonds is 4. The third-order valence-corrected chi connectivity index (χ3v) is 5.16. The highest BCUT2D eigenvalue weighted by Gasteiger charge is 2.27. The predicted octanol–water partition coefficient (Wildman–Crippen LogP) is 2.88. The molecule has 0 aromatic heterocycles. The second-order valence-electron chi connectivity index (χ2n) is 6.86. The third-order valence-electron chi connectivity index (χ3n) is 5.16. The molecule has 0 radical (unpaired) electrons. The van der Waals surface area contributed by atoms with Crippen molar-refractivity contribution in [1.82, 2.24) is 10.6 Å². The van der Waals surface area contributed by atoms with E-state index >= 15 is 0 Å². The van der Waals surface area contributed by atoms with Gasteiger partial charge in [0.15, 0.2) is 0 Å². The molecule has 4 nitrogen and oxygen atoms in total. The van der Waals surface area contributed by atoms with Crippen molar-refractivity contribution < 1.29 is 9.59 Å². The van der Waals surface area contributed by atoms with E-state index in [4.69, 9.17) is 0 Å². The van der Waals surface area contributed by atoms with Crippen LogP contribution in [0.4, 0.5) is 0 Å². The van der Waals surface area contributed by atoms with Crippen LogP contribution >= 0.6 is 0 Å². The molecule has 3 rings (SSSR count). The Balaban J connectivity index is 1.57. The van der Waals surface area contributed by atoms with E-state index in [2.05, 4.69) is 22.8 Å². The van der Waals surface area contributed by atoms with Gasteiger partial charge in [0.05, 0.1) is 6.04 Å². The molecule has 2 aliphatic carbocycles. The Labute approximate surface area is 138 Å². The number of nitrogens with one attached hydrogen (secondary N) is 2. The van der Waals surface area contributed by atoms with Gasteiger partial charge in [0.25, 0.3) is 0 Å². The molecule has 1 saturated carbocycles. The predicted molar refractivity (Wildman–Crippen MR) is 89.8 cm³/mol. The van der Waals surface area contributed by atoms with Crippen LogP contribution in [0.1, 0.15) is 62.6 Å². The highest BCUT2D eigenvalue weighted by Crippen LogP contribution is 2.29. The van der Waals surface area contributed by atoms with Gasteiger partial charge in [-0.3, -0.25) is 9.59 Å². The average molecular weight is 314 g/mol. The van der Waals surface area contributed by atoms with E-state index in [1.54, 1.807) is 6.92 Å². The molecular weight excluding hydrogens is 288 g/mol. The second-order valence-corrected chi connectivity index (χ2v) is 6.86. The number of benzene rings is 1. The maximum Gasteiger partial charge on any atom is 0.242 e. The quantitative estimate of drug-likeness (QED) is 0.898. The first-order valence-electron chi connectivity index (χ1n) is 8.83. The van der Waals surface area contributed by atoms with E-state index in [1.165, 1.54) is 11.1 Å². The summed E-state index contributed by atoms with van der Waals surface area (Å²) < 4.78 is 0. The minimum absolute atomic E-state index is 0.0363. The fraction of sp³-hybridized carbons (Fsp3) is 0.579. The monoisotopic (exact) mass is 314 g/mol. The zero-order valence-corrected chi connectivity index (χ0v) is 13.8. The molecule has 4 heteroatoms. The van der Waals surface area contributed by atoms with Crippen LogP contribution in [0, 0.1) is 5.92 Å². The molecule has 0 aliphatic heterocycles. The summed E-state index contributed by atoms with van der Waals surface area (Å²) in [4.78, 5) is 24.6. The summed E-state index contributed by atoms with van der Waals surface area (Å²) in [7, 11) is 0. The van der Waals surface area contributed by atoms with E-state index in [0.717, 1.165) is 44.9 Å². The van der Waals surface area contributed by atoms with Crippen LogP contribution in [0.2, 0.25) is 0 Å². The smallest absolute Gasteiger partial charge is 0.242 e. The summed E-state index contributed by atoms with van der Waals surface area (Å²) in [5.41, 5.74) is 2.55. The first-order chi connectivity index (χ1) is 11.1. The standard InChI is InChI=1S/C19H26N2O2/c1-13(20-19(23)15-8-2-3-9-15)18(22)21-17-12-6-10-14-7-4-5-11-16(14)17/h4-5,7,11,13,15,17H,2-3,6,8-10,12H2,1H3,(H,20,23)(H,21,22)/t13-,17+/m1/s1. The van der Waals surface area contributed by atoms with E-state index < -0.39 is 6.04 Å². The second kappa shape index (κ2) is 7.16. The van der Waals surface area contributed by atoms with Gasteiger partial charge in [-0.15, -0.1) is 0 Å². The van der Waals surface area contributed by atoms with Crippen LogP contribution in [-0.2, 0) is 16.0 Å². The lowest BCUT2D eigenvalue weighted by Gasteiger charge is -2.28. The number of amides is 2. The molecule has 0 saturated heterocycles. The summed E-state index contributed by atoms with van der Waals surface area (Å²) in [5.74, 6) is 0.0490. The molecule has 2 amide bonds. The highest BCUT2D eigenvalue weighted by molar-refractivity contribution is 5.88. The molecule has 0 unspecified atom stereocenters. The third kappa shape index (κ3) is 3.74. The van der Waals surface area contributed by atoms with E-state index in [-0.39, 0.29) is 23.8 Å². The van der Waals surface area contributed by atoms with Crippen LogP contribution in [0.3, 0.4) is 0 Å². The van der Waals surface area contributed by atoms with Crippen molar-refractivity contribution in [3.63, 3.8) is 0 Å². The Morgan fingerprint density at radius 2 is 1.83 bits per heavy atom. The number of hydrogen-bond acceptors (Lipinski definition) is 2. The molecule has 1 aromatic carbocycles. The summed E-state index contributed by atoms with van der Waals surface area (Å²) in [6, 6.07) is 7.90. The van der Waals surface area contributed by atoms with Crippen molar-refractivity contribution in [1.29, 1.82) is 0 Å². The summed E-state index contributed by atoms with van der Waals surface area (Å²) in [6.07, 6.45) is 7.29. The van der Waals surface area contributed by atoms with Crippen molar-refractivity contribution in [2.45, 2.75) is 64.0 Å². The van der Waals surface area contributed by atoms with E-state index in [0.29, 0.717) is 0 Å². The lowest BCUT2D eigenvalue weighted by atomic mass is 9.87. The summed E-state index contributed by atoms with van der Waals surface area (Å²) in [6.45, 7) is 1.77. The molecule has 1 fully saturated rings. The van der Waals surface area contributed by atoms with Gasteiger partial charge in [-0.2, -0.15) is 0 Å². The molecule has 0 heterocycles. The SMILES string of the molecule is C[C@@H](NC(=O)C1CCCC1)C(=O)N[C@H]1CCCc2ccccc21. The Bertz CT molecular complexity index is 578. The maximum atomic E-state index is 12.4. The minimum atomic E-state index is -0.475. The first-order valence-corrected chi connectivity index (χ1v) is 8.83. The van der Waals surface area contributed by atoms with Gasteiger partial charge >= 0.3 is 0 Å². The van der Waals surface area contributed by atoms with Gasteiger partial charge in [-0.05, 0) is 50.2 Å². The first kappa shape index (κ1) is 16.0. The van der Waals surface area contributed by atoms with E-state index in [1.807, 2.05) is 12.1 Å². The largest absolute Gasteiger partial charge is 0.348 e. The Morgan fingerprint density at radius 3 is 2.61 bits per heavy atom. The Morgan fingerprint density at radius 1 is 1.09 bits per heavy atom. The summed E-state index contributed by atoms with van der Waals surface area (Å²) in [5, 5.41) is 6.00. The molecule has 23 heavy (non-hydrogen) atoms. The lowest BCUT2D eigenvalue weighted by Crippen LogP contribution is -2.47. The Kier molecular flexibility index (Phi) is 4.99. The van der Waals surface area contributed by atoms with Gasteiger partial charge < -0.3 is 10.6 Å². The highest BCUT2D eigenvalue weighted by atomic mass is 16.2. The molecule has 2 N–H and O–H groups in total. The number of carbonyl (C=O) groups is 2. The van der Waals surface area contributed by atoms with Crippen molar-refractivity contribution >= 4 is 11.8 Å². The lowest BCUT2D eigenvalue weighted by molar-refractivity contribution is -0.131. The van der Waals surface area contributed by atoms with Crippen molar-refractivity contribution in [2.75, 3.05) is 0 Å². The molecule has 124 valence electrons. The number of carbonyl (C=O) groups excluding carboxylic acids is 2. The average Bonchev–Trinajstić information content (AvgIpc) is 3.09. The molecule has 0 spiro atoms. The Hall–Kier alpha value is -1.84. The van der Waals surface area contributed by atoms with Crippen molar-refractivity contribution in [3.8, 4) is 0 Å². The minimum Gasteiger partial charge on any atom is -0.348 e. The maximum absolute atomic E-state index is 12.4. The molecule has 1 aromatic rings. The molecule has 2 aliphatic rings. The fourth-order valence-corrected chi connectivity index (χ4v) is 3.79. The molecular formula is C19H26N2O2. The fourth-order valence-electron chi connectivity index (χ4n) is 3.79. The zero-order valence-electron chi connectivity index (χ0n) is 13.8. The summed E-state index contributed by atoms with van der Waals surface area (Å²) >= 11 is 0. The van der Waals surface area contributed by atoms with Gasteiger partial charge in [0.1, 0.15) is 6.04 Å². The van der Waals surface area contributed by atoms with Gasteiger partial charge in [0.2, 0.25) is 11.8 Å². The van der Waals surface area contributed by atoms with Gasteiger partial charge in [0, 0.05) is 5.92 Å². The normalized spacial score (nSPS) is 22.2. The number of hydrogen-bond donors (Lipinski definition) is 2. The molecule has 0 bridgehead atoms. The molecule has 2 atom stereocenters. The number of fused-ring (bicyclic) bond motifs is 1. The van der Waals surface area contributed by atoms with Crippen LogP contribution < -0.4 is 10.6 Å². The van der Waals surface area contributed by atoms with E-state index in [9.17, 15) is 9.59 Å². The van der Waals surface area contributed by atoms with Crippen LogP contribution in [0.15, 0.2) is 24.3 Å². The van der Waals surface area contributed by atoms with Crippen LogP contribution in [0.25, 0.3) is 0 Å².